The zero-order valence-corrected chi connectivity index (χ0v) is 14.0. The standard InChI is InChI=1S/C19H17ClN2O2/c1-24-17-8-4-7-15-12(17)11-16(21-15)18(23)22-19(9-10-19)13-5-2-3-6-14(13)20/h2-8,11,21H,9-10H2,1H3,(H,22,23). The molecule has 0 radical (unpaired) electrons. The van der Waals surface area contributed by atoms with E-state index in [0.717, 1.165) is 35.1 Å². The molecule has 122 valence electrons. The number of nitrogens with one attached hydrogen (secondary N) is 2. The average molecular weight is 341 g/mol. The largest absolute Gasteiger partial charge is 0.496 e. The second-order valence-electron chi connectivity index (χ2n) is 6.12. The predicted molar refractivity (Wildman–Crippen MR) is 94.7 cm³/mol. The number of carbonyl (C=O) groups is 1. The molecule has 1 saturated carbocycles. The van der Waals surface area contributed by atoms with Crippen LogP contribution in [-0.2, 0) is 5.54 Å². The first kappa shape index (κ1) is 15.1. The number of hydrogen-bond donors (Lipinski definition) is 2. The van der Waals surface area contributed by atoms with Crippen LogP contribution < -0.4 is 10.1 Å². The molecular formula is C19H17ClN2O2. The van der Waals surface area contributed by atoms with E-state index >= 15 is 0 Å². The minimum atomic E-state index is -0.350. The van der Waals surface area contributed by atoms with Crippen molar-refractivity contribution in [2.75, 3.05) is 7.11 Å². The van der Waals surface area contributed by atoms with Gasteiger partial charge in [-0.25, -0.2) is 0 Å². The zero-order valence-electron chi connectivity index (χ0n) is 13.2. The van der Waals surface area contributed by atoms with Crippen LogP contribution in [0.3, 0.4) is 0 Å². The van der Waals surface area contributed by atoms with Crippen LogP contribution in [0, 0.1) is 0 Å². The summed E-state index contributed by atoms with van der Waals surface area (Å²) in [6.07, 6.45) is 1.79. The first-order chi connectivity index (χ1) is 11.6. The Labute approximate surface area is 144 Å². The number of halogens is 1. The van der Waals surface area contributed by atoms with E-state index in [1.54, 1.807) is 7.11 Å². The van der Waals surface area contributed by atoms with Crippen molar-refractivity contribution in [2.45, 2.75) is 18.4 Å². The Morgan fingerprint density at radius 3 is 2.71 bits per heavy atom. The molecule has 1 heterocycles. The van der Waals surface area contributed by atoms with Crippen LogP contribution in [0.5, 0.6) is 5.75 Å². The Morgan fingerprint density at radius 2 is 2.00 bits per heavy atom. The molecule has 1 aromatic heterocycles. The molecule has 1 fully saturated rings. The normalized spacial score (nSPS) is 15.2. The predicted octanol–water partition coefficient (Wildman–Crippen LogP) is 4.25. The van der Waals surface area contributed by atoms with Crippen molar-refractivity contribution in [3.05, 3.63) is 64.8 Å². The number of methoxy groups -OCH3 is 1. The summed E-state index contributed by atoms with van der Waals surface area (Å²) in [5.74, 6) is 0.612. The van der Waals surface area contributed by atoms with E-state index in [9.17, 15) is 4.79 Å². The molecule has 0 aliphatic heterocycles. The lowest BCUT2D eigenvalue weighted by atomic mass is 10.0. The highest BCUT2D eigenvalue weighted by molar-refractivity contribution is 6.31. The summed E-state index contributed by atoms with van der Waals surface area (Å²) in [4.78, 5) is 15.9. The molecular weight excluding hydrogens is 324 g/mol. The minimum Gasteiger partial charge on any atom is -0.496 e. The van der Waals surface area contributed by atoms with Gasteiger partial charge in [-0.05, 0) is 42.7 Å². The minimum absolute atomic E-state index is 0.134. The van der Waals surface area contributed by atoms with Gasteiger partial charge in [-0.2, -0.15) is 0 Å². The van der Waals surface area contributed by atoms with Gasteiger partial charge in [-0.15, -0.1) is 0 Å². The fourth-order valence-corrected chi connectivity index (χ4v) is 3.46. The number of H-pyrrole nitrogens is 1. The summed E-state index contributed by atoms with van der Waals surface area (Å²) in [6.45, 7) is 0. The van der Waals surface area contributed by atoms with Crippen molar-refractivity contribution in [1.82, 2.24) is 10.3 Å². The van der Waals surface area contributed by atoms with E-state index < -0.39 is 0 Å². The Balaban J connectivity index is 1.64. The molecule has 4 nitrogen and oxygen atoms in total. The molecule has 0 atom stereocenters. The fraction of sp³-hybridized carbons (Fsp3) is 0.211. The monoisotopic (exact) mass is 340 g/mol. The van der Waals surface area contributed by atoms with Crippen molar-refractivity contribution in [3.63, 3.8) is 0 Å². The fourth-order valence-electron chi connectivity index (χ4n) is 3.15. The summed E-state index contributed by atoms with van der Waals surface area (Å²) in [6, 6.07) is 15.2. The van der Waals surface area contributed by atoms with Crippen molar-refractivity contribution in [1.29, 1.82) is 0 Å². The molecule has 1 aliphatic carbocycles. The van der Waals surface area contributed by atoms with Gasteiger partial charge in [-0.3, -0.25) is 4.79 Å². The molecule has 1 aliphatic rings. The Bertz CT molecular complexity index is 928. The van der Waals surface area contributed by atoms with Crippen LogP contribution in [0.4, 0.5) is 0 Å². The molecule has 2 N–H and O–H groups in total. The topological polar surface area (TPSA) is 54.1 Å². The highest BCUT2D eigenvalue weighted by atomic mass is 35.5. The number of fused-ring (bicyclic) bond motifs is 1. The number of aromatic nitrogens is 1. The maximum atomic E-state index is 12.7. The van der Waals surface area contributed by atoms with Crippen LogP contribution in [-0.4, -0.2) is 18.0 Å². The van der Waals surface area contributed by atoms with Gasteiger partial charge in [0, 0.05) is 15.9 Å². The molecule has 0 unspecified atom stereocenters. The van der Waals surface area contributed by atoms with Gasteiger partial charge >= 0.3 is 0 Å². The van der Waals surface area contributed by atoms with Gasteiger partial charge < -0.3 is 15.0 Å². The van der Waals surface area contributed by atoms with Crippen LogP contribution >= 0.6 is 11.6 Å². The Kier molecular flexibility index (Phi) is 3.50. The van der Waals surface area contributed by atoms with Crippen molar-refractivity contribution >= 4 is 28.4 Å². The van der Waals surface area contributed by atoms with E-state index in [-0.39, 0.29) is 11.4 Å². The van der Waals surface area contributed by atoms with Gasteiger partial charge in [0.2, 0.25) is 0 Å². The van der Waals surface area contributed by atoms with Crippen LogP contribution in [0.25, 0.3) is 10.9 Å². The van der Waals surface area contributed by atoms with E-state index in [1.807, 2.05) is 48.5 Å². The van der Waals surface area contributed by atoms with Crippen molar-refractivity contribution in [2.24, 2.45) is 0 Å². The maximum absolute atomic E-state index is 12.7. The van der Waals surface area contributed by atoms with E-state index in [0.29, 0.717) is 10.7 Å². The van der Waals surface area contributed by atoms with Gasteiger partial charge in [0.1, 0.15) is 11.4 Å². The molecule has 4 rings (SSSR count). The average Bonchev–Trinajstić information content (AvgIpc) is 3.22. The molecule has 3 aromatic rings. The number of carbonyl (C=O) groups excluding carboxylic acids is 1. The summed E-state index contributed by atoms with van der Waals surface area (Å²) < 4.78 is 5.35. The first-order valence-corrected chi connectivity index (χ1v) is 8.24. The van der Waals surface area contributed by atoms with Crippen molar-refractivity contribution < 1.29 is 9.53 Å². The highest BCUT2D eigenvalue weighted by Crippen LogP contribution is 2.48. The number of ether oxygens (including phenoxy) is 1. The zero-order chi connectivity index (χ0) is 16.7. The van der Waals surface area contributed by atoms with Crippen LogP contribution in [0.2, 0.25) is 5.02 Å². The number of aromatic amines is 1. The van der Waals surface area contributed by atoms with Crippen LogP contribution in [0.15, 0.2) is 48.5 Å². The second kappa shape index (κ2) is 5.56. The third kappa shape index (κ3) is 2.43. The lowest BCUT2D eigenvalue weighted by Crippen LogP contribution is -2.35. The summed E-state index contributed by atoms with van der Waals surface area (Å²) >= 11 is 6.31. The molecule has 24 heavy (non-hydrogen) atoms. The SMILES string of the molecule is COc1cccc2[nH]c(C(=O)NC3(c4ccccc4Cl)CC3)cc12. The number of benzene rings is 2. The van der Waals surface area contributed by atoms with Gasteiger partial charge in [0.05, 0.1) is 12.6 Å². The smallest absolute Gasteiger partial charge is 0.268 e. The lowest BCUT2D eigenvalue weighted by Gasteiger charge is -2.18. The number of amides is 1. The summed E-state index contributed by atoms with van der Waals surface area (Å²) in [7, 11) is 1.62. The van der Waals surface area contributed by atoms with Gasteiger partial charge in [0.15, 0.2) is 0 Å². The Hall–Kier alpha value is -2.46. The maximum Gasteiger partial charge on any atom is 0.268 e. The highest BCUT2D eigenvalue weighted by Gasteiger charge is 2.47. The summed E-state index contributed by atoms with van der Waals surface area (Å²) in [5, 5.41) is 4.73. The van der Waals surface area contributed by atoms with E-state index in [2.05, 4.69) is 10.3 Å². The molecule has 5 heteroatoms. The first-order valence-electron chi connectivity index (χ1n) is 7.86. The second-order valence-corrected chi connectivity index (χ2v) is 6.53. The lowest BCUT2D eigenvalue weighted by molar-refractivity contribution is 0.0926. The van der Waals surface area contributed by atoms with Gasteiger partial charge in [-0.1, -0.05) is 35.9 Å². The quantitative estimate of drug-likeness (QED) is 0.746. The Morgan fingerprint density at radius 1 is 1.21 bits per heavy atom. The molecule has 0 bridgehead atoms. The van der Waals surface area contributed by atoms with E-state index in [4.69, 9.17) is 16.3 Å². The molecule has 0 saturated heterocycles. The van der Waals surface area contributed by atoms with Crippen molar-refractivity contribution in [3.8, 4) is 5.75 Å². The number of hydrogen-bond acceptors (Lipinski definition) is 2. The van der Waals surface area contributed by atoms with E-state index in [1.165, 1.54) is 0 Å². The third-order valence-corrected chi connectivity index (χ3v) is 4.91. The molecule has 1 amide bonds. The summed E-state index contributed by atoms with van der Waals surface area (Å²) in [5.41, 5.74) is 2.03. The third-order valence-electron chi connectivity index (χ3n) is 4.58. The molecule has 0 spiro atoms. The van der Waals surface area contributed by atoms with Crippen LogP contribution in [0.1, 0.15) is 28.9 Å². The number of rotatable bonds is 4. The van der Waals surface area contributed by atoms with Gasteiger partial charge in [0.25, 0.3) is 5.91 Å². The molecule has 2 aromatic carbocycles.